The maximum atomic E-state index is 12.8. The fraction of sp³-hybridized carbons (Fsp3) is 0.647. The van der Waals surface area contributed by atoms with Gasteiger partial charge in [0.05, 0.1) is 0 Å². The molecule has 1 aliphatic heterocycles. The highest BCUT2D eigenvalue weighted by molar-refractivity contribution is 7.89. The van der Waals surface area contributed by atoms with Crippen molar-refractivity contribution in [3.63, 3.8) is 0 Å². The van der Waals surface area contributed by atoms with Crippen LogP contribution < -0.4 is 5.32 Å². The van der Waals surface area contributed by atoms with Crippen LogP contribution in [0.15, 0.2) is 21.6 Å². The number of rotatable bonds is 5. The van der Waals surface area contributed by atoms with E-state index < -0.39 is 32.9 Å². The van der Waals surface area contributed by atoms with Gasteiger partial charge in [-0.2, -0.15) is 4.31 Å². The van der Waals surface area contributed by atoms with Gasteiger partial charge in [-0.1, -0.05) is 25.7 Å². The summed E-state index contributed by atoms with van der Waals surface area (Å²) in [7, 11) is -4.05. The molecule has 8 nitrogen and oxygen atoms in total. The van der Waals surface area contributed by atoms with Crippen LogP contribution in [0.3, 0.4) is 0 Å². The van der Waals surface area contributed by atoms with Gasteiger partial charge in [-0.25, -0.2) is 13.2 Å². The number of furan rings is 1. The molecule has 2 heterocycles. The molecule has 1 atom stereocenters. The molecule has 1 saturated carbocycles. The summed E-state index contributed by atoms with van der Waals surface area (Å²) in [5.41, 5.74) is 0. The zero-order chi connectivity index (χ0) is 18.7. The van der Waals surface area contributed by atoms with Crippen molar-refractivity contribution in [1.82, 2.24) is 9.62 Å². The number of carbonyl (C=O) groups is 2. The number of nitrogens with zero attached hydrogens (tertiary/aromatic N) is 1. The molecule has 1 unspecified atom stereocenters. The minimum Gasteiger partial charge on any atom is -0.475 e. The average Bonchev–Trinajstić information content (AvgIpc) is 3.22. The summed E-state index contributed by atoms with van der Waals surface area (Å²) < 4.78 is 31.7. The highest BCUT2D eigenvalue weighted by Gasteiger charge is 2.41. The van der Waals surface area contributed by atoms with Crippen LogP contribution in [0.1, 0.15) is 61.9 Å². The maximum absolute atomic E-state index is 12.8. The quantitative estimate of drug-likeness (QED) is 0.750. The molecule has 1 amide bonds. The van der Waals surface area contributed by atoms with Crippen molar-refractivity contribution in [2.75, 3.05) is 6.54 Å². The molecule has 1 aliphatic carbocycles. The van der Waals surface area contributed by atoms with E-state index in [0.29, 0.717) is 12.8 Å². The molecule has 0 aromatic carbocycles. The molecule has 2 aliphatic rings. The van der Waals surface area contributed by atoms with Gasteiger partial charge in [-0.3, -0.25) is 4.79 Å². The third-order valence-corrected chi connectivity index (χ3v) is 6.85. The third-order valence-electron chi connectivity index (χ3n) is 5.06. The van der Waals surface area contributed by atoms with Crippen molar-refractivity contribution in [3.8, 4) is 0 Å². The summed E-state index contributed by atoms with van der Waals surface area (Å²) in [6, 6.07) is 1.54. The Morgan fingerprint density at radius 1 is 1.08 bits per heavy atom. The molecule has 0 bridgehead atoms. The fourth-order valence-corrected chi connectivity index (χ4v) is 5.27. The van der Waals surface area contributed by atoms with Crippen molar-refractivity contribution in [1.29, 1.82) is 0 Å². The smallest absolute Gasteiger partial charge is 0.371 e. The van der Waals surface area contributed by atoms with Gasteiger partial charge in [0.1, 0.15) is 6.04 Å². The summed E-state index contributed by atoms with van der Waals surface area (Å²) in [4.78, 5) is 23.6. The standard InChI is InChI=1S/C17H24N2O6S/c20-16(18-12-6-3-1-2-4-7-12)13-8-5-11-19(13)26(23,24)15-10-9-14(25-15)17(21)22/h9-10,12-13H,1-8,11H2,(H,18,20)(H,21,22). The number of nitrogens with one attached hydrogen (secondary N) is 1. The first-order valence-corrected chi connectivity index (χ1v) is 10.5. The molecule has 0 radical (unpaired) electrons. The van der Waals surface area contributed by atoms with Gasteiger partial charge in [0.15, 0.2) is 0 Å². The largest absolute Gasteiger partial charge is 0.475 e. The van der Waals surface area contributed by atoms with Gasteiger partial charge in [0, 0.05) is 12.6 Å². The molecule has 3 rings (SSSR count). The molecule has 26 heavy (non-hydrogen) atoms. The van der Waals surface area contributed by atoms with Crippen LogP contribution in [-0.2, 0) is 14.8 Å². The van der Waals surface area contributed by atoms with Gasteiger partial charge in [0.2, 0.25) is 16.8 Å². The van der Waals surface area contributed by atoms with Crippen molar-refractivity contribution in [3.05, 3.63) is 17.9 Å². The van der Waals surface area contributed by atoms with Gasteiger partial charge in [-0.15, -0.1) is 0 Å². The Morgan fingerprint density at radius 2 is 1.77 bits per heavy atom. The summed E-state index contributed by atoms with van der Waals surface area (Å²) in [5, 5.41) is 11.5. The first kappa shape index (κ1) is 18.9. The predicted octanol–water partition coefficient (Wildman–Crippen LogP) is 1.97. The second kappa shape index (κ2) is 7.79. The molecule has 1 aromatic rings. The number of aromatic carboxylic acids is 1. The number of sulfonamides is 1. The average molecular weight is 384 g/mol. The summed E-state index contributed by atoms with van der Waals surface area (Å²) in [5.74, 6) is -2.05. The van der Waals surface area contributed by atoms with E-state index >= 15 is 0 Å². The molecular formula is C17H24N2O6S. The number of carboxylic acid groups (broad SMARTS) is 1. The topological polar surface area (TPSA) is 117 Å². The van der Waals surface area contributed by atoms with E-state index in [1.54, 1.807) is 0 Å². The van der Waals surface area contributed by atoms with Gasteiger partial charge in [0.25, 0.3) is 10.0 Å². The lowest BCUT2D eigenvalue weighted by atomic mass is 10.1. The third kappa shape index (κ3) is 3.93. The van der Waals surface area contributed by atoms with E-state index in [-0.39, 0.29) is 18.5 Å². The second-order valence-corrected chi connectivity index (χ2v) is 8.72. The Morgan fingerprint density at radius 3 is 2.38 bits per heavy atom. The number of carbonyl (C=O) groups excluding carboxylic acids is 1. The molecule has 2 fully saturated rings. The highest BCUT2D eigenvalue weighted by Crippen LogP contribution is 2.28. The molecular weight excluding hydrogens is 360 g/mol. The predicted molar refractivity (Wildman–Crippen MR) is 92.2 cm³/mol. The number of carboxylic acids is 1. The van der Waals surface area contributed by atoms with Gasteiger partial charge < -0.3 is 14.8 Å². The Balaban J connectivity index is 1.73. The highest BCUT2D eigenvalue weighted by atomic mass is 32.2. The van der Waals surface area contributed by atoms with Crippen LogP contribution >= 0.6 is 0 Å². The molecule has 2 N–H and O–H groups in total. The van der Waals surface area contributed by atoms with Crippen LogP contribution in [0, 0.1) is 0 Å². The van der Waals surface area contributed by atoms with E-state index in [1.807, 2.05) is 0 Å². The number of hydrogen-bond donors (Lipinski definition) is 2. The van der Waals surface area contributed by atoms with Crippen molar-refractivity contribution in [2.45, 2.75) is 68.5 Å². The van der Waals surface area contributed by atoms with Crippen LogP contribution in [0.4, 0.5) is 0 Å². The van der Waals surface area contributed by atoms with E-state index in [1.165, 1.54) is 12.8 Å². The summed E-state index contributed by atoms with van der Waals surface area (Å²) >= 11 is 0. The van der Waals surface area contributed by atoms with Crippen LogP contribution in [0.25, 0.3) is 0 Å². The van der Waals surface area contributed by atoms with Gasteiger partial charge in [-0.05, 0) is 37.8 Å². The first-order chi connectivity index (χ1) is 12.4. The molecule has 144 valence electrons. The fourth-order valence-electron chi connectivity index (χ4n) is 3.70. The lowest BCUT2D eigenvalue weighted by Crippen LogP contribution is -2.48. The Hall–Kier alpha value is -1.87. The van der Waals surface area contributed by atoms with E-state index in [4.69, 9.17) is 9.52 Å². The van der Waals surface area contributed by atoms with E-state index in [0.717, 1.165) is 42.1 Å². The zero-order valence-corrected chi connectivity index (χ0v) is 15.3. The Labute approximate surface area is 152 Å². The minimum atomic E-state index is -4.05. The molecule has 1 saturated heterocycles. The van der Waals surface area contributed by atoms with Crippen molar-refractivity contribution in [2.24, 2.45) is 0 Å². The minimum absolute atomic E-state index is 0.0948. The first-order valence-electron chi connectivity index (χ1n) is 9.05. The maximum Gasteiger partial charge on any atom is 0.371 e. The van der Waals surface area contributed by atoms with Gasteiger partial charge >= 0.3 is 5.97 Å². The van der Waals surface area contributed by atoms with E-state index in [2.05, 4.69) is 5.32 Å². The normalized spacial score (nSPS) is 22.8. The Kier molecular flexibility index (Phi) is 5.67. The van der Waals surface area contributed by atoms with E-state index in [9.17, 15) is 18.0 Å². The summed E-state index contributed by atoms with van der Waals surface area (Å²) in [6.07, 6.45) is 7.35. The number of amides is 1. The zero-order valence-electron chi connectivity index (χ0n) is 14.5. The molecule has 0 spiro atoms. The Bertz CT molecular complexity index is 764. The lowest BCUT2D eigenvalue weighted by Gasteiger charge is -2.25. The molecule has 1 aromatic heterocycles. The monoisotopic (exact) mass is 384 g/mol. The van der Waals surface area contributed by atoms with Crippen molar-refractivity contribution >= 4 is 21.9 Å². The van der Waals surface area contributed by atoms with Crippen molar-refractivity contribution < 1.29 is 27.5 Å². The SMILES string of the molecule is O=C(O)c1ccc(S(=O)(=O)N2CCCC2C(=O)NC2CCCCCC2)o1. The lowest BCUT2D eigenvalue weighted by molar-refractivity contribution is -0.125. The van der Waals surface area contributed by atoms with Crippen LogP contribution in [-0.4, -0.2) is 48.3 Å². The van der Waals surface area contributed by atoms with Crippen LogP contribution in [0.2, 0.25) is 0 Å². The second-order valence-electron chi connectivity index (χ2n) is 6.89. The molecule has 9 heteroatoms. The summed E-state index contributed by atoms with van der Waals surface area (Å²) in [6.45, 7) is 0.216. The number of hydrogen-bond acceptors (Lipinski definition) is 5. The van der Waals surface area contributed by atoms with Crippen LogP contribution in [0.5, 0.6) is 0 Å².